The summed E-state index contributed by atoms with van der Waals surface area (Å²) in [6, 6.07) is 5.67. The van der Waals surface area contributed by atoms with E-state index in [9.17, 15) is 9.59 Å². The highest BCUT2D eigenvalue weighted by atomic mass is 35.5. The minimum Gasteiger partial charge on any atom is -0.324 e. The number of hydrogen-bond acceptors (Lipinski definition) is 2. The smallest absolute Gasteiger partial charge is 0.233 e. The van der Waals surface area contributed by atoms with Crippen molar-refractivity contribution in [3.05, 3.63) is 23.8 Å². The maximum atomic E-state index is 11.6. The average molecular weight is 307 g/mol. The Bertz CT molecular complexity index is 567. The summed E-state index contributed by atoms with van der Waals surface area (Å²) in [4.78, 5) is 23.2. The molecule has 0 radical (unpaired) electrons. The van der Waals surface area contributed by atoms with E-state index in [1.807, 2.05) is 18.2 Å². The molecular formula is C16H19ClN2O2. The highest BCUT2D eigenvalue weighted by Gasteiger charge is 2.25. The molecule has 0 aromatic heterocycles. The van der Waals surface area contributed by atoms with Crippen LogP contribution < -0.4 is 10.6 Å². The van der Waals surface area contributed by atoms with Crippen LogP contribution >= 0.6 is 11.6 Å². The van der Waals surface area contributed by atoms with Crippen molar-refractivity contribution in [1.29, 1.82) is 0 Å². The predicted octanol–water partition coefficient (Wildman–Crippen LogP) is 3.83. The van der Waals surface area contributed by atoms with Crippen molar-refractivity contribution < 1.29 is 9.59 Å². The van der Waals surface area contributed by atoms with Gasteiger partial charge in [0, 0.05) is 0 Å². The lowest BCUT2D eigenvalue weighted by Crippen LogP contribution is -2.16. The molecule has 1 aromatic rings. The summed E-state index contributed by atoms with van der Waals surface area (Å²) in [7, 11) is 0. The van der Waals surface area contributed by atoms with Crippen LogP contribution in [0.1, 0.15) is 49.5 Å². The molecule has 1 aliphatic heterocycles. The molecule has 1 saturated carbocycles. The average Bonchev–Trinajstić information content (AvgIpc) is 2.63. The van der Waals surface area contributed by atoms with Gasteiger partial charge in [0.25, 0.3) is 0 Å². The van der Waals surface area contributed by atoms with Crippen molar-refractivity contribution in [3.63, 3.8) is 0 Å². The molecular weight excluding hydrogens is 288 g/mol. The largest absolute Gasteiger partial charge is 0.324 e. The van der Waals surface area contributed by atoms with Gasteiger partial charge in [-0.05, 0) is 36.5 Å². The number of nitrogens with one attached hydrogen (secondary N) is 2. The van der Waals surface area contributed by atoms with Gasteiger partial charge in [0.15, 0.2) is 0 Å². The number of alkyl halides is 1. The zero-order valence-corrected chi connectivity index (χ0v) is 12.6. The Kier molecular flexibility index (Phi) is 4.15. The molecule has 112 valence electrons. The molecule has 1 atom stereocenters. The summed E-state index contributed by atoms with van der Waals surface area (Å²) in [5, 5.41) is 5.47. The second-order valence-electron chi connectivity index (χ2n) is 5.88. The topological polar surface area (TPSA) is 58.2 Å². The number of fused-ring (bicyclic) bond motifs is 1. The maximum absolute atomic E-state index is 11.6. The predicted molar refractivity (Wildman–Crippen MR) is 83.5 cm³/mol. The Labute approximate surface area is 129 Å². The highest BCUT2D eigenvalue weighted by Crippen LogP contribution is 2.40. The van der Waals surface area contributed by atoms with Crippen LogP contribution in [0.4, 0.5) is 11.4 Å². The molecule has 4 nitrogen and oxygen atoms in total. The normalized spacial score (nSPS) is 21.0. The molecule has 1 unspecified atom stereocenters. The van der Waals surface area contributed by atoms with Crippen LogP contribution in [0.3, 0.4) is 0 Å². The van der Waals surface area contributed by atoms with Gasteiger partial charge in [-0.3, -0.25) is 9.59 Å². The van der Waals surface area contributed by atoms with Gasteiger partial charge in [0.1, 0.15) is 6.42 Å². The lowest BCUT2D eigenvalue weighted by atomic mass is 9.84. The number of amides is 2. The van der Waals surface area contributed by atoms with Crippen molar-refractivity contribution in [2.24, 2.45) is 5.92 Å². The molecule has 3 rings (SSSR count). The van der Waals surface area contributed by atoms with E-state index in [0.717, 1.165) is 18.4 Å². The van der Waals surface area contributed by atoms with Crippen LogP contribution in [0.5, 0.6) is 0 Å². The monoisotopic (exact) mass is 306 g/mol. The van der Waals surface area contributed by atoms with E-state index in [1.54, 1.807) is 0 Å². The van der Waals surface area contributed by atoms with Crippen LogP contribution in [-0.4, -0.2) is 11.8 Å². The Morgan fingerprint density at radius 2 is 1.67 bits per heavy atom. The van der Waals surface area contributed by atoms with Crippen LogP contribution in [0.25, 0.3) is 0 Å². The standard InChI is InChI=1S/C16H19ClN2O2/c17-16(10-4-2-1-3-5-10)11-6-7-12-13(8-11)19-15(21)9-14(20)18-12/h6-8,10,16H,1-5,9H2,(H,18,20)(H,19,21). The third-order valence-electron chi connectivity index (χ3n) is 4.30. The maximum Gasteiger partial charge on any atom is 0.233 e. The van der Waals surface area contributed by atoms with Gasteiger partial charge in [-0.2, -0.15) is 0 Å². The molecule has 1 fully saturated rings. The quantitative estimate of drug-likeness (QED) is 0.644. The molecule has 2 aliphatic rings. The van der Waals surface area contributed by atoms with Crippen LogP contribution in [0.15, 0.2) is 18.2 Å². The first kappa shape index (κ1) is 14.4. The SMILES string of the molecule is O=C1CC(=O)Nc2cc(C(Cl)C3CCCCC3)ccc2N1. The Hall–Kier alpha value is -1.55. The Balaban J connectivity index is 1.84. The van der Waals surface area contributed by atoms with E-state index >= 15 is 0 Å². The second kappa shape index (κ2) is 6.06. The van der Waals surface area contributed by atoms with Gasteiger partial charge >= 0.3 is 0 Å². The van der Waals surface area contributed by atoms with Gasteiger partial charge in [-0.25, -0.2) is 0 Å². The third kappa shape index (κ3) is 3.21. The van der Waals surface area contributed by atoms with Crippen LogP contribution in [-0.2, 0) is 9.59 Å². The van der Waals surface area contributed by atoms with Crippen molar-refractivity contribution in [2.75, 3.05) is 10.6 Å². The Morgan fingerprint density at radius 3 is 2.38 bits per heavy atom. The van der Waals surface area contributed by atoms with Crippen molar-refractivity contribution in [2.45, 2.75) is 43.9 Å². The fourth-order valence-corrected chi connectivity index (χ4v) is 3.57. The highest BCUT2D eigenvalue weighted by molar-refractivity contribution is 6.21. The molecule has 0 spiro atoms. The van der Waals surface area contributed by atoms with Crippen LogP contribution in [0, 0.1) is 5.92 Å². The summed E-state index contributed by atoms with van der Waals surface area (Å²) in [6.45, 7) is 0. The molecule has 1 heterocycles. The summed E-state index contributed by atoms with van der Waals surface area (Å²) < 4.78 is 0. The molecule has 1 aliphatic carbocycles. The number of benzene rings is 1. The zero-order chi connectivity index (χ0) is 14.8. The van der Waals surface area contributed by atoms with E-state index in [1.165, 1.54) is 19.3 Å². The number of carbonyl (C=O) groups is 2. The minimum atomic E-state index is -0.285. The number of halogens is 1. The first-order valence-corrected chi connectivity index (χ1v) is 7.95. The zero-order valence-electron chi connectivity index (χ0n) is 11.8. The number of anilines is 2. The molecule has 1 aromatic carbocycles. The number of rotatable bonds is 2. The van der Waals surface area contributed by atoms with E-state index in [4.69, 9.17) is 11.6 Å². The lowest BCUT2D eigenvalue weighted by molar-refractivity contribution is -0.123. The fraction of sp³-hybridized carbons (Fsp3) is 0.500. The molecule has 0 saturated heterocycles. The van der Waals surface area contributed by atoms with Gasteiger partial charge in [0.05, 0.1) is 16.8 Å². The number of hydrogen-bond donors (Lipinski definition) is 2. The van der Waals surface area contributed by atoms with Crippen molar-refractivity contribution >= 4 is 34.8 Å². The Morgan fingerprint density at radius 1 is 1.00 bits per heavy atom. The first-order valence-electron chi connectivity index (χ1n) is 7.51. The third-order valence-corrected chi connectivity index (χ3v) is 4.90. The lowest BCUT2D eigenvalue weighted by Gasteiger charge is -2.26. The van der Waals surface area contributed by atoms with E-state index < -0.39 is 0 Å². The van der Waals surface area contributed by atoms with Crippen molar-refractivity contribution in [3.8, 4) is 0 Å². The molecule has 0 bridgehead atoms. The van der Waals surface area contributed by atoms with E-state index in [2.05, 4.69) is 10.6 Å². The van der Waals surface area contributed by atoms with Gasteiger partial charge in [-0.1, -0.05) is 25.3 Å². The minimum absolute atomic E-state index is 0.0357. The van der Waals surface area contributed by atoms with Gasteiger partial charge < -0.3 is 10.6 Å². The fourth-order valence-electron chi connectivity index (χ4n) is 3.18. The van der Waals surface area contributed by atoms with Gasteiger partial charge in [0.2, 0.25) is 11.8 Å². The van der Waals surface area contributed by atoms with Gasteiger partial charge in [-0.15, -0.1) is 11.6 Å². The summed E-state index contributed by atoms with van der Waals surface area (Å²) >= 11 is 6.63. The summed E-state index contributed by atoms with van der Waals surface area (Å²) in [5.41, 5.74) is 2.30. The number of carbonyl (C=O) groups excluding carboxylic acids is 2. The van der Waals surface area contributed by atoms with Crippen LogP contribution in [0.2, 0.25) is 0 Å². The molecule has 21 heavy (non-hydrogen) atoms. The molecule has 2 amide bonds. The second-order valence-corrected chi connectivity index (χ2v) is 6.35. The van der Waals surface area contributed by atoms with E-state index in [0.29, 0.717) is 17.3 Å². The molecule has 2 N–H and O–H groups in total. The summed E-state index contributed by atoms with van der Waals surface area (Å²) in [6.07, 6.45) is 5.96. The van der Waals surface area contributed by atoms with E-state index in [-0.39, 0.29) is 23.6 Å². The summed E-state index contributed by atoms with van der Waals surface area (Å²) in [5.74, 6) is -0.0737. The van der Waals surface area contributed by atoms with Crippen molar-refractivity contribution in [1.82, 2.24) is 0 Å². The first-order chi connectivity index (χ1) is 10.1. The molecule has 5 heteroatoms.